The number of hydrogen-bond donors (Lipinski definition) is 1. The number of carbonyl (C=O) groups excluding carboxylic acids is 1. The van der Waals surface area contributed by atoms with Crippen LogP contribution in [0.4, 0.5) is 18.9 Å². The molecule has 138 valence electrons. The summed E-state index contributed by atoms with van der Waals surface area (Å²) in [6.45, 7) is 0.778. The molecule has 2 fully saturated rings. The predicted molar refractivity (Wildman–Crippen MR) is 85.8 cm³/mol. The molecule has 1 amide bonds. The van der Waals surface area contributed by atoms with Crippen molar-refractivity contribution in [2.24, 2.45) is 5.92 Å². The molecule has 0 radical (unpaired) electrons. The van der Waals surface area contributed by atoms with Crippen molar-refractivity contribution >= 4 is 21.4 Å². The molecule has 0 atom stereocenters. The van der Waals surface area contributed by atoms with E-state index >= 15 is 0 Å². The Morgan fingerprint density at radius 3 is 2.24 bits per heavy atom. The maximum absolute atomic E-state index is 12.9. The third-order valence-electron chi connectivity index (χ3n) is 4.59. The van der Waals surface area contributed by atoms with E-state index < -0.39 is 20.2 Å². The second kappa shape index (κ2) is 6.51. The monoisotopic (exact) mass is 376 g/mol. The van der Waals surface area contributed by atoms with Gasteiger partial charge in [-0.1, -0.05) is 12.1 Å². The normalized spacial score (nSPS) is 19.7. The van der Waals surface area contributed by atoms with Gasteiger partial charge in [0, 0.05) is 25.0 Å². The van der Waals surface area contributed by atoms with Gasteiger partial charge in [-0.05, 0) is 37.8 Å². The zero-order valence-electron chi connectivity index (χ0n) is 13.4. The smallest absolute Gasteiger partial charge is 0.370 e. The molecule has 5 nitrogen and oxygen atoms in total. The maximum atomic E-state index is 12.9. The molecule has 25 heavy (non-hydrogen) atoms. The lowest BCUT2D eigenvalue weighted by atomic mass is 10.0. The fourth-order valence-corrected chi connectivity index (χ4v) is 3.98. The standard InChI is InChI=1S/C16H19F3N2O3S/c17-16(18,19)25(23,24)14-4-2-1-3-13(14)21-9-7-12(8-10-21)20-15(22)11-5-6-11/h1-4,11-12H,5-10H2,(H,20,22). The Labute approximate surface area is 144 Å². The molecule has 0 bridgehead atoms. The Kier molecular flexibility index (Phi) is 4.70. The van der Waals surface area contributed by atoms with Gasteiger partial charge in [-0.15, -0.1) is 0 Å². The highest BCUT2D eigenvalue weighted by Crippen LogP contribution is 2.36. The van der Waals surface area contributed by atoms with Crippen LogP contribution in [0.25, 0.3) is 0 Å². The van der Waals surface area contributed by atoms with Crippen LogP contribution in [-0.2, 0) is 14.6 Å². The summed E-state index contributed by atoms with van der Waals surface area (Å²) in [6.07, 6.45) is 2.96. The summed E-state index contributed by atoms with van der Waals surface area (Å²) >= 11 is 0. The summed E-state index contributed by atoms with van der Waals surface area (Å²) in [5.74, 6) is 0.147. The quantitative estimate of drug-likeness (QED) is 0.877. The van der Waals surface area contributed by atoms with Crippen molar-refractivity contribution in [1.82, 2.24) is 5.32 Å². The summed E-state index contributed by atoms with van der Waals surface area (Å²) < 4.78 is 62.3. The molecule has 1 aromatic carbocycles. The van der Waals surface area contributed by atoms with E-state index in [1.807, 2.05) is 0 Å². The number of benzene rings is 1. The van der Waals surface area contributed by atoms with Crippen molar-refractivity contribution in [3.63, 3.8) is 0 Å². The Morgan fingerprint density at radius 1 is 1.08 bits per heavy atom. The molecule has 0 unspecified atom stereocenters. The van der Waals surface area contributed by atoms with Gasteiger partial charge in [0.15, 0.2) is 0 Å². The van der Waals surface area contributed by atoms with Gasteiger partial charge in [0.25, 0.3) is 9.84 Å². The van der Waals surface area contributed by atoms with Crippen LogP contribution in [0.1, 0.15) is 25.7 Å². The van der Waals surface area contributed by atoms with E-state index in [0.29, 0.717) is 25.9 Å². The van der Waals surface area contributed by atoms with Gasteiger partial charge >= 0.3 is 5.51 Å². The van der Waals surface area contributed by atoms with E-state index in [2.05, 4.69) is 5.32 Å². The molecule has 1 aromatic rings. The van der Waals surface area contributed by atoms with E-state index in [4.69, 9.17) is 0 Å². The lowest BCUT2D eigenvalue weighted by Gasteiger charge is -2.35. The summed E-state index contributed by atoms with van der Waals surface area (Å²) in [5, 5.41) is 2.96. The number of nitrogens with one attached hydrogen (secondary N) is 1. The van der Waals surface area contributed by atoms with E-state index in [1.165, 1.54) is 18.2 Å². The van der Waals surface area contributed by atoms with Gasteiger partial charge in [-0.2, -0.15) is 13.2 Å². The molecular weight excluding hydrogens is 357 g/mol. The van der Waals surface area contributed by atoms with Gasteiger partial charge < -0.3 is 10.2 Å². The Bertz CT molecular complexity index is 752. The van der Waals surface area contributed by atoms with Gasteiger partial charge in [-0.25, -0.2) is 8.42 Å². The van der Waals surface area contributed by atoms with Crippen LogP contribution in [0.5, 0.6) is 0 Å². The number of anilines is 1. The molecule has 1 N–H and O–H groups in total. The molecule has 0 aromatic heterocycles. The Balaban J connectivity index is 1.73. The van der Waals surface area contributed by atoms with Gasteiger partial charge in [-0.3, -0.25) is 4.79 Å². The Morgan fingerprint density at radius 2 is 1.68 bits per heavy atom. The molecule has 1 saturated heterocycles. The first-order valence-electron chi connectivity index (χ1n) is 8.16. The number of sulfone groups is 1. The van der Waals surface area contributed by atoms with Gasteiger partial charge in [0.1, 0.15) is 0 Å². The molecule has 1 saturated carbocycles. The number of hydrogen-bond acceptors (Lipinski definition) is 4. The van der Waals surface area contributed by atoms with Crippen molar-refractivity contribution in [2.75, 3.05) is 18.0 Å². The van der Waals surface area contributed by atoms with Crippen molar-refractivity contribution in [3.8, 4) is 0 Å². The van der Waals surface area contributed by atoms with E-state index in [9.17, 15) is 26.4 Å². The molecule has 9 heteroatoms. The third kappa shape index (κ3) is 3.75. The van der Waals surface area contributed by atoms with Crippen LogP contribution in [-0.4, -0.2) is 39.0 Å². The number of alkyl halides is 3. The van der Waals surface area contributed by atoms with Crippen LogP contribution in [0.2, 0.25) is 0 Å². The number of nitrogens with zero attached hydrogens (tertiary/aromatic N) is 1. The first kappa shape index (κ1) is 18.0. The van der Waals surface area contributed by atoms with Crippen molar-refractivity contribution in [1.29, 1.82) is 0 Å². The minimum absolute atomic E-state index is 0.0178. The van der Waals surface area contributed by atoms with Crippen LogP contribution in [0, 0.1) is 5.92 Å². The largest absolute Gasteiger partial charge is 0.501 e. The first-order valence-corrected chi connectivity index (χ1v) is 9.64. The fraction of sp³-hybridized carbons (Fsp3) is 0.562. The van der Waals surface area contributed by atoms with Crippen molar-refractivity contribution in [3.05, 3.63) is 24.3 Å². The first-order chi connectivity index (χ1) is 11.7. The van der Waals surface area contributed by atoms with Gasteiger partial charge in [0.05, 0.1) is 10.6 Å². The molecule has 3 rings (SSSR count). The zero-order chi connectivity index (χ0) is 18.2. The second-order valence-electron chi connectivity index (χ2n) is 6.46. The maximum Gasteiger partial charge on any atom is 0.501 e. The third-order valence-corrected chi connectivity index (χ3v) is 6.12. The summed E-state index contributed by atoms with van der Waals surface area (Å²) in [5.41, 5.74) is -5.27. The van der Waals surface area contributed by atoms with Crippen LogP contribution in [0.15, 0.2) is 29.2 Å². The van der Waals surface area contributed by atoms with Gasteiger partial charge in [0.2, 0.25) is 5.91 Å². The highest BCUT2D eigenvalue weighted by molar-refractivity contribution is 7.92. The number of amides is 1. The van der Waals surface area contributed by atoms with Crippen LogP contribution >= 0.6 is 0 Å². The molecule has 2 aliphatic rings. The fourth-order valence-electron chi connectivity index (χ4n) is 3.00. The molecule has 1 heterocycles. The summed E-state index contributed by atoms with van der Waals surface area (Å²) in [6, 6.07) is 5.16. The minimum atomic E-state index is -5.40. The number of halogens is 3. The van der Waals surface area contributed by atoms with Crippen molar-refractivity contribution in [2.45, 2.75) is 42.1 Å². The van der Waals surface area contributed by atoms with Crippen molar-refractivity contribution < 1.29 is 26.4 Å². The van der Waals surface area contributed by atoms with E-state index in [0.717, 1.165) is 18.9 Å². The molecular formula is C16H19F3N2O3S. The number of carbonyl (C=O) groups is 1. The van der Waals surface area contributed by atoms with Crippen LogP contribution < -0.4 is 10.2 Å². The molecule has 0 spiro atoms. The van der Waals surface area contributed by atoms with Crippen LogP contribution in [0.3, 0.4) is 0 Å². The molecule has 1 aliphatic carbocycles. The number of para-hydroxylation sites is 1. The second-order valence-corrected chi connectivity index (χ2v) is 8.37. The zero-order valence-corrected chi connectivity index (χ0v) is 14.2. The summed E-state index contributed by atoms with van der Waals surface area (Å²) in [7, 11) is -5.40. The number of rotatable bonds is 4. The van der Waals surface area contributed by atoms with E-state index in [1.54, 1.807) is 4.90 Å². The Hall–Kier alpha value is -1.77. The van der Waals surface area contributed by atoms with E-state index in [-0.39, 0.29) is 23.6 Å². The highest BCUT2D eigenvalue weighted by atomic mass is 32.2. The topological polar surface area (TPSA) is 66.5 Å². The lowest BCUT2D eigenvalue weighted by Crippen LogP contribution is -2.45. The number of piperidine rings is 1. The average Bonchev–Trinajstić information content (AvgIpc) is 3.39. The average molecular weight is 376 g/mol. The molecule has 1 aliphatic heterocycles. The lowest BCUT2D eigenvalue weighted by molar-refractivity contribution is -0.123. The minimum Gasteiger partial charge on any atom is -0.370 e. The highest BCUT2D eigenvalue weighted by Gasteiger charge is 2.48. The predicted octanol–water partition coefficient (Wildman–Crippen LogP) is 2.48. The summed E-state index contributed by atoms with van der Waals surface area (Å²) in [4.78, 5) is 12.7. The SMILES string of the molecule is O=C(NC1CCN(c2ccccc2S(=O)(=O)C(F)(F)F)CC1)C1CC1.